The Bertz CT molecular complexity index is 850. The van der Waals surface area contributed by atoms with Crippen LogP contribution in [-0.4, -0.2) is 47.9 Å². The number of aromatic nitrogens is 2. The molecule has 0 spiro atoms. The lowest BCUT2D eigenvalue weighted by molar-refractivity contribution is -0.0501. The van der Waals surface area contributed by atoms with Gasteiger partial charge < -0.3 is 20.1 Å². The predicted octanol–water partition coefficient (Wildman–Crippen LogP) is 2.95. The zero-order chi connectivity index (χ0) is 20.8. The number of rotatable bonds is 7. The van der Waals surface area contributed by atoms with Gasteiger partial charge in [-0.3, -0.25) is 14.7 Å². The van der Waals surface area contributed by atoms with Gasteiger partial charge in [-0.05, 0) is 37.8 Å². The summed E-state index contributed by atoms with van der Waals surface area (Å²) < 4.78 is 34.8. The van der Waals surface area contributed by atoms with Crippen LogP contribution in [0.1, 0.15) is 46.5 Å². The zero-order valence-corrected chi connectivity index (χ0v) is 15.8. The van der Waals surface area contributed by atoms with Gasteiger partial charge in [0, 0.05) is 19.3 Å². The molecule has 2 amide bonds. The van der Waals surface area contributed by atoms with Crippen molar-refractivity contribution in [2.24, 2.45) is 0 Å². The van der Waals surface area contributed by atoms with Gasteiger partial charge in [0.25, 0.3) is 11.8 Å². The fourth-order valence-electron chi connectivity index (χ4n) is 3.30. The molecule has 10 heteroatoms. The van der Waals surface area contributed by atoms with Gasteiger partial charge in [0.05, 0.1) is 17.4 Å². The predicted molar refractivity (Wildman–Crippen MR) is 100 cm³/mol. The van der Waals surface area contributed by atoms with Crippen LogP contribution in [0.2, 0.25) is 0 Å². The maximum Gasteiger partial charge on any atom is 0.387 e. The quantitative estimate of drug-likeness (QED) is 0.653. The highest BCUT2D eigenvalue weighted by Gasteiger charge is 2.25. The lowest BCUT2D eigenvalue weighted by atomic mass is 9.93. The molecule has 8 nitrogen and oxygen atoms in total. The summed E-state index contributed by atoms with van der Waals surface area (Å²) in [4.78, 5) is 25.1. The van der Waals surface area contributed by atoms with E-state index in [1.165, 1.54) is 30.5 Å². The Morgan fingerprint density at radius 1 is 1.17 bits per heavy atom. The lowest BCUT2D eigenvalue weighted by Gasteiger charge is -2.28. The van der Waals surface area contributed by atoms with Gasteiger partial charge in [0.15, 0.2) is 5.69 Å². The molecule has 1 aromatic heterocycles. The summed E-state index contributed by atoms with van der Waals surface area (Å²) in [6, 6.07) is 5.60. The minimum atomic E-state index is -3.06. The summed E-state index contributed by atoms with van der Waals surface area (Å²) in [5, 5.41) is 11.9. The third-order valence-electron chi connectivity index (χ3n) is 4.79. The first-order valence-corrected chi connectivity index (χ1v) is 9.20. The van der Waals surface area contributed by atoms with Crippen molar-refractivity contribution >= 4 is 17.5 Å². The molecule has 0 bridgehead atoms. The first-order valence-electron chi connectivity index (χ1n) is 9.20. The molecule has 0 radical (unpaired) electrons. The fraction of sp³-hybridized carbons (Fsp3) is 0.421. The molecule has 3 rings (SSSR count). The lowest BCUT2D eigenvalue weighted by Crippen LogP contribution is -2.39. The van der Waals surface area contributed by atoms with Crippen LogP contribution >= 0.6 is 0 Å². The van der Waals surface area contributed by atoms with Gasteiger partial charge in [-0.15, -0.1) is 0 Å². The molecule has 0 aliphatic heterocycles. The number of nitrogens with one attached hydrogen (secondary N) is 3. The van der Waals surface area contributed by atoms with E-state index < -0.39 is 18.4 Å². The SMILES string of the molecule is COC1CCC(NC(=O)c2n[nH]cc2NC(=O)c2ccccc2OC(F)F)CC1. The van der Waals surface area contributed by atoms with Crippen molar-refractivity contribution in [2.45, 2.75) is 44.4 Å². The Balaban J connectivity index is 1.66. The molecule has 1 aliphatic rings. The number of methoxy groups -OCH3 is 1. The highest BCUT2D eigenvalue weighted by atomic mass is 19.3. The molecule has 1 fully saturated rings. The molecule has 1 heterocycles. The van der Waals surface area contributed by atoms with Gasteiger partial charge in [-0.1, -0.05) is 12.1 Å². The number of anilines is 1. The number of carbonyl (C=O) groups excluding carboxylic acids is 2. The second-order valence-corrected chi connectivity index (χ2v) is 6.66. The number of amides is 2. The normalized spacial score (nSPS) is 19.0. The summed E-state index contributed by atoms with van der Waals surface area (Å²) in [7, 11) is 1.67. The molecule has 3 N–H and O–H groups in total. The molecular weight excluding hydrogens is 386 g/mol. The van der Waals surface area contributed by atoms with Crippen molar-refractivity contribution in [2.75, 3.05) is 12.4 Å². The van der Waals surface area contributed by atoms with Crippen LogP contribution in [0.5, 0.6) is 5.75 Å². The number of halogens is 2. The maximum absolute atomic E-state index is 12.6. The molecule has 29 heavy (non-hydrogen) atoms. The number of benzene rings is 1. The van der Waals surface area contributed by atoms with Crippen molar-refractivity contribution in [1.29, 1.82) is 0 Å². The summed E-state index contributed by atoms with van der Waals surface area (Å²) in [6.45, 7) is -3.06. The Labute approximate surface area is 166 Å². The molecule has 1 saturated carbocycles. The average molecular weight is 408 g/mol. The third kappa shape index (κ3) is 5.29. The zero-order valence-electron chi connectivity index (χ0n) is 15.8. The Hall–Kier alpha value is -3.01. The number of ether oxygens (including phenoxy) is 2. The summed E-state index contributed by atoms with van der Waals surface area (Å²) in [5.74, 6) is -1.39. The van der Waals surface area contributed by atoms with Gasteiger partial charge in [0.2, 0.25) is 0 Å². The molecular formula is C19H22F2N4O4. The van der Waals surface area contributed by atoms with Crippen LogP contribution < -0.4 is 15.4 Å². The minimum Gasteiger partial charge on any atom is -0.434 e. The van der Waals surface area contributed by atoms with E-state index in [1.54, 1.807) is 7.11 Å². The van der Waals surface area contributed by atoms with Crippen molar-refractivity contribution in [3.8, 4) is 5.75 Å². The first-order chi connectivity index (χ1) is 14.0. The summed E-state index contributed by atoms with van der Waals surface area (Å²) >= 11 is 0. The molecule has 0 saturated heterocycles. The van der Waals surface area contributed by atoms with Gasteiger partial charge in [-0.25, -0.2) is 0 Å². The van der Waals surface area contributed by atoms with E-state index in [0.717, 1.165) is 25.7 Å². The molecule has 0 unspecified atom stereocenters. The van der Waals surface area contributed by atoms with E-state index in [1.807, 2.05) is 0 Å². The standard InChI is InChI=1S/C19H22F2N4O4/c1-28-12-8-6-11(7-9-12)23-18(27)16-14(10-22-25-16)24-17(26)13-4-2-3-5-15(13)29-19(20)21/h2-5,10-12,19H,6-9H2,1H3,(H,22,25)(H,23,27)(H,24,26). The number of hydrogen-bond acceptors (Lipinski definition) is 5. The topological polar surface area (TPSA) is 105 Å². The molecule has 0 atom stereocenters. The minimum absolute atomic E-state index is 0.00526. The second kappa shape index (κ2) is 9.46. The summed E-state index contributed by atoms with van der Waals surface area (Å²) in [6.07, 6.45) is 4.84. The number of carbonyl (C=O) groups is 2. The van der Waals surface area contributed by atoms with Crippen LogP contribution in [0.3, 0.4) is 0 Å². The van der Waals surface area contributed by atoms with E-state index in [0.29, 0.717) is 0 Å². The van der Waals surface area contributed by atoms with Crippen LogP contribution in [0.25, 0.3) is 0 Å². The largest absolute Gasteiger partial charge is 0.434 e. The number of H-pyrrole nitrogens is 1. The number of hydrogen-bond donors (Lipinski definition) is 3. The van der Waals surface area contributed by atoms with E-state index in [4.69, 9.17) is 4.74 Å². The van der Waals surface area contributed by atoms with E-state index in [2.05, 4.69) is 25.6 Å². The van der Waals surface area contributed by atoms with Gasteiger partial charge in [0.1, 0.15) is 5.75 Å². The van der Waals surface area contributed by atoms with Crippen LogP contribution in [-0.2, 0) is 4.74 Å². The van der Waals surface area contributed by atoms with Crippen LogP contribution in [0, 0.1) is 0 Å². The third-order valence-corrected chi connectivity index (χ3v) is 4.79. The second-order valence-electron chi connectivity index (χ2n) is 6.66. The van der Waals surface area contributed by atoms with Gasteiger partial charge in [-0.2, -0.15) is 13.9 Å². The van der Waals surface area contributed by atoms with Crippen molar-refractivity contribution in [3.05, 3.63) is 41.7 Å². The molecule has 1 aliphatic carbocycles. The van der Waals surface area contributed by atoms with Crippen molar-refractivity contribution in [3.63, 3.8) is 0 Å². The van der Waals surface area contributed by atoms with Gasteiger partial charge >= 0.3 is 6.61 Å². The fourth-order valence-corrected chi connectivity index (χ4v) is 3.30. The maximum atomic E-state index is 12.6. The van der Waals surface area contributed by atoms with Crippen molar-refractivity contribution < 1.29 is 27.8 Å². The van der Waals surface area contributed by atoms with E-state index >= 15 is 0 Å². The average Bonchev–Trinajstić information content (AvgIpc) is 3.16. The molecule has 2 aromatic rings. The monoisotopic (exact) mass is 408 g/mol. The van der Waals surface area contributed by atoms with Crippen LogP contribution in [0.4, 0.5) is 14.5 Å². The number of nitrogens with zero attached hydrogens (tertiary/aromatic N) is 1. The number of aromatic amines is 1. The van der Waals surface area contributed by atoms with Crippen molar-refractivity contribution in [1.82, 2.24) is 15.5 Å². The highest BCUT2D eigenvalue weighted by Crippen LogP contribution is 2.24. The Morgan fingerprint density at radius 2 is 1.90 bits per heavy atom. The smallest absolute Gasteiger partial charge is 0.387 e. The highest BCUT2D eigenvalue weighted by molar-refractivity contribution is 6.09. The Morgan fingerprint density at radius 3 is 2.59 bits per heavy atom. The summed E-state index contributed by atoms with van der Waals surface area (Å²) in [5.41, 5.74) is 0.0719. The molecule has 1 aromatic carbocycles. The van der Waals surface area contributed by atoms with E-state index in [-0.39, 0.29) is 34.8 Å². The number of para-hydroxylation sites is 1. The van der Waals surface area contributed by atoms with Crippen LogP contribution in [0.15, 0.2) is 30.5 Å². The Kier molecular flexibility index (Phi) is 6.76. The number of alkyl halides is 2. The van der Waals surface area contributed by atoms with E-state index in [9.17, 15) is 18.4 Å². The molecule has 156 valence electrons. The first kappa shape index (κ1) is 20.7.